The van der Waals surface area contributed by atoms with Crippen LogP contribution in [0.15, 0.2) is 11.6 Å². The van der Waals surface area contributed by atoms with E-state index < -0.39 is 5.97 Å². The van der Waals surface area contributed by atoms with Crippen molar-refractivity contribution in [2.24, 2.45) is 5.92 Å². The highest BCUT2D eigenvalue weighted by Crippen LogP contribution is 2.21. The Morgan fingerprint density at radius 1 is 1.69 bits per heavy atom. The molecule has 0 amide bonds. The largest absolute Gasteiger partial charge is 0.466 e. The highest BCUT2D eigenvalue weighted by Gasteiger charge is 2.25. The highest BCUT2D eigenvalue weighted by molar-refractivity contribution is 5.83. The van der Waals surface area contributed by atoms with Gasteiger partial charge in [0.2, 0.25) is 0 Å². The van der Waals surface area contributed by atoms with Crippen molar-refractivity contribution < 1.29 is 19.1 Å². The fraction of sp³-hybridized carbons (Fsp3) is 0.556. The van der Waals surface area contributed by atoms with E-state index in [1.54, 1.807) is 6.92 Å². The number of carbonyl (C=O) groups excluding carboxylic acids is 2. The fourth-order valence-electron chi connectivity index (χ4n) is 1.17. The molecule has 13 heavy (non-hydrogen) atoms. The monoisotopic (exact) mass is 184 g/mol. The molecule has 1 heterocycles. The third-order valence-corrected chi connectivity index (χ3v) is 2.05. The Bertz CT molecular complexity index is 254. The molecular formula is C9H12O4. The topological polar surface area (TPSA) is 52.6 Å². The third-order valence-electron chi connectivity index (χ3n) is 2.05. The maximum atomic E-state index is 10.8. The second kappa shape index (κ2) is 4.07. The fourth-order valence-corrected chi connectivity index (χ4v) is 1.17. The molecule has 1 atom stereocenters. The van der Waals surface area contributed by atoms with Crippen LogP contribution in [-0.4, -0.2) is 25.7 Å². The zero-order valence-corrected chi connectivity index (χ0v) is 7.70. The molecule has 0 radical (unpaired) electrons. The average Bonchev–Trinajstić information content (AvgIpc) is 2.51. The van der Waals surface area contributed by atoms with E-state index in [0.29, 0.717) is 13.0 Å². The van der Waals surface area contributed by atoms with E-state index in [-0.39, 0.29) is 11.9 Å². The van der Waals surface area contributed by atoms with Gasteiger partial charge in [0.1, 0.15) is 0 Å². The number of cyclic esters (lactones) is 1. The van der Waals surface area contributed by atoms with Gasteiger partial charge in [-0.25, -0.2) is 4.79 Å². The van der Waals surface area contributed by atoms with Crippen molar-refractivity contribution in [2.45, 2.75) is 13.3 Å². The first-order valence-electron chi connectivity index (χ1n) is 4.05. The standard InChI is InChI=1S/C9H12O4/c1-6(3-8(10)12-2)7-4-9(11)13-5-7/h3,7H,4-5H2,1-2H3/b6-3+/t7-/m0/s1. The molecular weight excluding hydrogens is 172 g/mol. The molecule has 72 valence electrons. The molecule has 1 rings (SSSR count). The van der Waals surface area contributed by atoms with Crippen LogP contribution < -0.4 is 0 Å². The SMILES string of the molecule is COC(=O)/C=C(\C)[C@@H]1COC(=O)C1. The van der Waals surface area contributed by atoms with Crippen molar-refractivity contribution >= 4 is 11.9 Å². The van der Waals surface area contributed by atoms with E-state index in [4.69, 9.17) is 4.74 Å². The number of esters is 2. The van der Waals surface area contributed by atoms with E-state index >= 15 is 0 Å². The quantitative estimate of drug-likeness (QED) is 0.467. The van der Waals surface area contributed by atoms with Gasteiger partial charge in [-0.05, 0) is 6.92 Å². The maximum Gasteiger partial charge on any atom is 0.330 e. The minimum Gasteiger partial charge on any atom is -0.466 e. The van der Waals surface area contributed by atoms with Crippen molar-refractivity contribution in [2.75, 3.05) is 13.7 Å². The summed E-state index contributed by atoms with van der Waals surface area (Å²) in [5.74, 6) is -0.564. The number of hydrogen-bond acceptors (Lipinski definition) is 4. The van der Waals surface area contributed by atoms with Crippen LogP contribution >= 0.6 is 0 Å². The first-order chi connectivity index (χ1) is 6.13. The summed E-state index contributed by atoms with van der Waals surface area (Å²) >= 11 is 0. The molecule has 0 saturated carbocycles. The predicted molar refractivity (Wildman–Crippen MR) is 44.8 cm³/mol. The van der Waals surface area contributed by atoms with Gasteiger partial charge in [-0.3, -0.25) is 4.79 Å². The molecule has 0 aliphatic carbocycles. The van der Waals surface area contributed by atoms with Crippen LogP contribution in [0.4, 0.5) is 0 Å². The van der Waals surface area contributed by atoms with Crippen molar-refractivity contribution in [1.82, 2.24) is 0 Å². The Morgan fingerprint density at radius 2 is 2.38 bits per heavy atom. The lowest BCUT2D eigenvalue weighted by Gasteiger charge is -2.04. The Labute approximate surface area is 76.5 Å². The zero-order chi connectivity index (χ0) is 9.84. The van der Waals surface area contributed by atoms with Gasteiger partial charge in [-0.1, -0.05) is 5.57 Å². The molecule has 1 fully saturated rings. The van der Waals surface area contributed by atoms with Crippen LogP contribution in [0.2, 0.25) is 0 Å². The minimum absolute atomic E-state index is 0.0339. The number of hydrogen-bond donors (Lipinski definition) is 0. The summed E-state index contributed by atoms with van der Waals surface area (Å²) in [6, 6.07) is 0. The Hall–Kier alpha value is -1.32. The number of ether oxygens (including phenoxy) is 2. The van der Waals surface area contributed by atoms with Crippen LogP contribution in [0.25, 0.3) is 0 Å². The number of rotatable bonds is 2. The lowest BCUT2D eigenvalue weighted by molar-refractivity contribution is -0.138. The second-order valence-electron chi connectivity index (χ2n) is 3.00. The number of carbonyl (C=O) groups is 2. The molecule has 1 saturated heterocycles. The third kappa shape index (κ3) is 2.57. The Balaban J connectivity index is 2.57. The van der Waals surface area contributed by atoms with Crippen molar-refractivity contribution in [3.63, 3.8) is 0 Å². The first-order valence-corrected chi connectivity index (χ1v) is 4.05. The summed E-state index contributed by atoms with van der Waals surface area (Å²) in [5, 5.41) is 0. The number of methoxy groups -OCH3 is 1. The summed E-state index contributed by atoms with van der Waals surface area (Å²) < 4.78 is 9.24. The molecule has 0 aromatic rings. The smallest absolute Gasteiger partial charge is 0.330 e. The molecule has 0 aromatic heterocycles. The second-order valence-corrected chi connectivity index (χ2v) is 3.00. The van der Waals surface area contributed by atoms with Crippen molar-refractivity contribution in [3.05, 3.63) is 11.6 Å². The van der Waals surface area contributed by atoms with Gasteiger partial charge in [0.05, 0.1) is 20.1 Å². The van der Waals surface area contributed by atoms with Crippen LogP contribution in [0.3, 0.4) is 0 Å². The van der Waals surface area contributed by atoms with E-state index in [1.807, 2.05) is 0 Å². The average molecular weight is 184 g/mol. The molecule has 0 aromatic carbocycles. The van der Waals surface area contributed by atoms with Gasteiger partial charge in [-0.15, -0.1) is 0 Å². The Kier molecular flexibility index (Phi) is 3.06. The molecule has 4 heteroatoms. The molecule has 1 aliphatic heterocycles. The van der Waals surface area contributed by atoms with E-state index in [1.165, 1.54) is 13.2 Å². The molecule has 0 unspecified atom stereocenters. The summed E-state index contributed by atoms with van der Waals surface area (Å²) in [5.41, 5.74) is 0.831. The molecule has 4 nitrogen and oxygen atoms in total. The zero-order valence-electron chi connectivity index (χ0n) is 7.70. The summed E-state index contributed by atoms with van der Waals surface area (Å²) in [4.78, 5) is 21.6. The highest BCUT2D eigenvalue weighted by atomic mass is 16.5. The van der Waals surface area contributed by atoms with Crippen LogP contribution in [0.5, 0.6) is 0 Å². The van der Waals surface area contributed by atoms with Gasteiger partial charge in [0.15, 0.2) is 0 Å². The van der Waals surface area contributed by atoms with E-state index in [9.17, 15) is 9.59 Å². The molecule has 1 aliphatic rings. The minimum atomic E-state index is -0.392. The van der Waals surface area contributed by atoms with Gasteiger partial charge < -0.3 is 9.47 Å². The lowest BCUT2D eigenvalue weighted by Crippen LogP contribution is -2.04. The maximum absolute atomic E-state index is 10.8. The molecule has 0 bridgehead atoms. The predicted octanol–water partition coefficient (Wildman–Crippen LogP) is 0.669. The van der Waals surface area contributed by atoms with E-state index in [2.05, 4.69) is 4.74 Å². The van der Waals surface area contributed by atoms with Crippen LogP contribution in [0, 0.1) is 5.92 Å². The first kappa shape index (κ1) is 9.77. The van der Waals surface area contributed by atoms with Crippen molar-refractivity contribution in [1.29, 1.82) is 0 Å². The lowest BCUT2D eigenvalue weighted by atomic mass is 9.99. The van der Waals surface area contributed by atoms with Crippen LogP contribution in [-0.2, 0) is 19.1 Å². The summed E-state index contributed by atoms with van der Waals surface area (Å²) in [6.07, 6.45) is 1.76. The summed E-state index contributed by atoms with van der Waals surface area (Å²) in [6.45, 7) is 2.17. The van der Waals surface area contributed by atoms with Gasteiger partial charge in [-0.2, -0.15) is 0 Å². The summed E-state index contributed by atoms with van der Waals surface area (Å²) in [7, 11) is 1.32. The van der Waals surface area contributed by atoms with Crippen molar-refractivity contribution in [3.8, 4) is 0 Å². The normalized spacial score (nSPS) is 22.8. The van der Waals surface area contributed by atoms with Gasteiger partial charge in [0.25, 0.3) is 0 Å². The Morgan fingerprint density at radius 3 is 2.85 bits per heavy atom. The van der Waals surface area contributed by atoms with Gasteiger partial charge >= 0.3 is 11.9 Å². The van der Waals surface area contributed by atoms with Crippen LogP contribution in [0.1, 0.15) is 13.3 Å². The molecule has 0 spiro atoms. The molecule has 0 N–H and O–H groups in total. The van der Waals surface area contributed by atoms with E-state index in [0.717, 1.165) is 5.57 Å². The van der Waals surface area contributed by atoms with Gasteiger partial charge in [0, 0.05) is 12.0 Å².